The normalized spacial score (nSPS) is 14.7. The van der Waals surface area contributed by atoms with Gasteiger partial charge in [-0.05, 0) is 48.5 Å². The first-order valence-electron chi connectivity index (χ1n) is 11.5. The monoisotopic (exact) mass is 562 g/mol. The third-order valence-electron chi connectivity index (χ3n) is 5.66. The molecule has 1 aliphatic heterocycles. The molecule has 1 heterocycles. The Labute approximate surface area is 225 Å². The second-order valence-electron chi connectivity index (χ2n) is 8.33. The van der Waals surface area contributed by atoms with Gasteiger partial charge in [0.05, 0.1) is 31.6 Å². The molecule has 0 spiro atoms. The van der Waals surface area contributed by atoms with E-state index in [1.54, 1.807) is 24.3 Å². The van der Waals surface area contributed by atoms with Crippen LogP contribution in [0.5, 0.6) is 5.75 Å². The summed E-state index contributed by atoms with van der Waals surface area (Å²) in [6, 6.07) is 14.3. The minimum atomic E-state index is -2.86. The lowest BCUT2D eigenvalue weighted by Gasteiger charge is -2.16. The largest absolute Gasteiger partial charge is 0.497 e. The first kappa shape index (κ1) is 27.6. The molecule has 0 saturated carbocycles. The first-order chi connectivity index (χ1) is 18.6. The van der Waals surface area contributed by atoms with E-state index in [2.05, 4.69) is 28.2 Å². The van der Waals surface area contributed by atoms with Crippen molar-refractivity contribution in [1.82, 2.24) is 5.32 Å². The van der Waals surface area contributed by atoms with Crippen LogP contribution in [0.15, 0.2) is 65.5 Å². The number of cyclic esters (lactones) is 1. The molecule has 1 atom stereocenters. The van der Waals surface area contributed by atoms with E-state index in [-0.39, 0.29) is 35.6 Å². The molecule has 3 N–H and O–H groups in total. The molecular formula is C26H22F4N4O4S. The van der Waals surface area contributed by atoms with E-state index in [0.29, 0.717) is 11.4 Å². The van der Waals surface area contributed by atoms with Gasteiger partial charge in [-0.15, -0.1) is 0 Å². The Kier molecular flexibility index (Phi) is 8.49. The van der Waals surface area contributed by atoms with Crippen molar-refractivity contribution < 1.29 is 31.8 Å². The zero-order valence-corrected chi connectivity index (χ0v) is 21.2. The van der Waals surface area contributed by atoms with E-state index in [4.69, 9.17) is 9.47 Å². The highest BCUT2D eigenvalue weighted by Gasteiger charge is 2.33. The Balaban J connectivity index is 1.47. The van der Waals surface area contributed by atoms with Gasteiger partial charge in [0, 0.05) is 23.5 Å². The third kappa shape index (κ3) is 6.74. The Morgan fingerprint density at radius 2 is 1.64 bits per heavy atom. The van der Waals surface area contributed by atoms with Gasteiger partial charge in [-0.25, -0.2) is 22.4 Å². The van der Waals surface area contributed by atoms with E-state index in [1.807, 2.05) is 0 Å². The number of hydrogen-bond donors (Lipinski definition) is 3. The first-order valence-corrected chi connectivity index (χ1v) is 11.9. The van der Waals surface area contributed by atoms with Crippen LogP contribution in [0.2, 0.25) is 0 Å². The van der Waals surface area contributed by atoms with Crippen molar-refractivity contribution >= 4 is 51.7 Å². The molecule has 0 bridgehead atoms. The van der Waals surface area contributed by atoms with Gasteiger partial charge in [0.1, 0.15) is 22.5 Å². The van der Waals surface area contributed by atoms with Gasteiger partial charge in [-0.1, -0.05) is 12.2 Å². The summed E-state index contributed by atoms with van der Waals surface area (Å²) in [5, 5.41) is 7.89. The number of hydrogen-bond acceptors (Lipinski definition) is 7. The van der Waals surface area contributed by atoms with E-state index < -0.39 is 40.9 Å². The molecule has 3 aromatic carbocycles. The number of nitrogens with zero attached hydrogens (tertiary/aromatic N) is 1. The summed E-state index contributed by atoms with van der Waals surface area (Å²) in [6.07, 6.45) is -4.61. The molecule has 0 radical (unpaired) electrons. The highest BCUT2D eigenvalue weighted by atomic mass is 32.1. The number of nitrogens with one attached hydrogen (secondary N) is 3. The standard InChI is InChI=1S/C26H22F4N4O4S/c1-37-17-6-2-14(3-7-17)32-21-8-4-15(5-9-22(21)35)33-23-19(27)10-16(11-20(23)28)34-13-18(38-26(34)36)12-31-25(39)24(29)30/h2-11,18,24,33H,12-13H2,1H3,(H,31,39)(H,32,35)/t18-/m0/s1. The van der Waals surface area contributed by atoms with E-state index in [1.165, 1.54) is 31.4 Å². The number of carbonyl (C=O) groups excluding carboxylic acids is 1. The maximum Gasteiger partial charge on any atom is 0.414 e. The van der Waals surface area contributed by atoms with E-state index in [9.17, 15) is 27.2 Å². The number of methoxy groups -OCH3 is 1. The van der Waals surface area contributed by atoms with Crippen molar-refractivity contribution in [2.75, 3.05) is 35.7 Å². The Hall–Kier alpha value is -4.39. The molecule has 13 heteroatoms. The number of anilines is 5. The summed E-state index contributed by atoms with van der Waals surface area (Å²) < 4.78 is 65.1. The van der Waals surface area contributed by atoms with Gasteiger partial charge >= 0.3 is 6.09 Å². The van der Waals surface area contributed by atoms with Crippen LogP contribution in [0.25, 0.3) is 0 Å². The van der Waals surface area contributed by atoms with Crippen LogP contribution in [0.1, 0.15) is 0 Å². The number of carbonyl (C=O) groups is 1. The number of ether oxygens (including phenoxy) is 2. The number of benzene rings is 2. The maximum absolute atomic E-state index is 14.9. The summed E-state index contributed by atoms with van der Waals surface area (Å²) >= 11 is 4.48. The molecule has 1 aliphatic rings. The molecule has 204 valence electrons. The Morgan fingerprint density at radius 1 is 1.03 bits per heavy atom. The minimum Gasteiger partial charge on any atom is -0.497 e. The Morgan fingerprint density at radius 3 is 2.28 bits per heavy atom. The fraction of sp³-hybridized carbons (Fsp3) is 0.192. The lowest BCUT2D eigenvalue weighted by molar-refractivity contribution is 0.142. The summed E-state index contributed by atoms with van der Waals surface area (Å²) in [4.78, 5) is 25.0. The number of amides is 1. The van der Waals surface area contributed by atoms with Crippen molar-refractivity contribution in [2.24, 2.45) is 0 Å². The van der Waals surface area contributed by atoms with Crippen LogP contribution in [-0.2, 0) is 4.74 Å². The molecule has 4 rings (SSSR count). The molecule has 1 fully saturated rings. The number of halogens is 4. The van der Waals surface area contributed by atoms with Crippen LogP contribution in [0.4, 0.5) is 50.8 Å². The van der Waals surface area contributed by atoms with Crippen molar-refractivity contribution in [1.29, 1.82) is 0 Å². The number of thiocarbonyl (C=S) groups is 1. The van der Waals surface area contributed by atoms with Crippen molar-refractivity contribution in [3.05, 3.63) is 82.5 Å². The topological polar surface area (TPSA) is 91.9 Å². The quantitative estimate of drug-likeness (QED) is 0.238. The van der Waals surface area contributed by atoms with Gasteiger partial charge in [-0.2, -0.15) is 0 Å². The molecule has 1 amide bonds. The van der Waals surface area contributed by atoms with Crippen LogP contribution in [0.3, 0.4) is 0 Å². The second-order valence-corrected chi connectivity index (χ2v) is 8.76. The second kappa shape index (κ2) is 12.0. The molecule has 0 unspecified atom stereocenters. The molecule has 39 heavy (non-hydrogen) atoms. The van der Waals surface area contributed by atoms with Crippen molar-refractivity contribution in [2.45, 2.75) is 12.5 Å². The maximum atomic E-state index is 14.9. The summed E-state index contributed by atoms with van der Waals surface area (Å²) in [5.74, 6) is -1.37. The highest BCUT2D eigenvalue weighted by molar-refractivity contribution is 7.80. The zero-order valence-electron chi connectivity index (χ0n) is 20.3. The van der Waals surface area contributed by atoms with Gasteiger partial charge < -0.3 is 25.4 Å². The summed E-state index contributed by atoms with van der Waals surface area (Å²) in [6.45, 7) is -0.313. The van der Waals surface area contributed by atoms with Crippen LogP contribution < -0.4 is 31.0 Å². The van der Waals surface area contributed by atoms with Gasteiger partial charge in [-0.3, -0.25) is 9.69 Å². The SMILES string of the molecule is COc1ccc(Nc2ccc(Nc3c(F)cc(N4C[C@H](CNC(=S)C(F)F)OC4=O)cc3F)ccc2=O)cc1. The molecule has 0 aliphatic carbocycles. The average Bonchev–Trinajstić information content (AvgIpc) is 3.20. The van der Waals surface area contributed by atoms with Crippen molar-refractivity contribution in [3.8, 4) is 5.75 Å². The van der Waals surface area contributed by atoms with Gasteiger partial charge in [0.15, 0.2) is 11.6 Å². The van der Waals surface area contributed by atoms with Gasteiger partial charge in [0.2, 0.25) is 5.43 Å². The predicted octanol–water partition coefficient (Wildman–Crippen LogP) is 5.33. The number of alkyl halides is 2. The zero-order chi connectivity index (χ0) is 28.1. The average molecular weight is 563 g/mol. The number of rotatable bonds is 9. The predicted molar refractivity (Wildman–Crippen MR) is 143 cm³/mol. The molecule has 0 aromatic heterocycles. The summed E-state index contributed by atoms with van der Waals surface area (Å²) in [5.41, 5.74) is 0.108. The highest BCUT2D eigenvalue weighted by Crippen LogP contribution is 2.30. The molecule has 1 saturated heterocycles. The van der Waals surface area contributed by atoms with Crippen LogP contribution in [-0.4, -0.2) is 43.8 Å². The van der Waals surface area contributed by atoms with Crippen LogP contribution in [0, 0.1) is 11.6 Å². The lowest BCUT2D eigenvalue weighted by atomic mass is 10.2. The minimum absolute atomic E-state index is 0.120. The molecular weight excluding hydrogens is 540 g/mol. The van der Waals surface area contributed by atoms with Crippen molar-refractivity contribution in [3.63, 3.8) is 0 Å². The molecule has 8 nitrogen and oxygen atoms in total. The third-order valence-corrected chi connectivity index (χ3v) is 5.98. The van der Waals surface area contributed by atoms with E-state index >= 15 is 0 Å². The fourth-order valence-corrected chi connectivity index (χ4v) is 3.78. The fourth-order valence-electron chi connectivity index (χ4n) is 3.69. The summed E-state index contributed by atoms with van der Waals surface area (Å²) in [7, 11) is 1.54. The molecule has 3 aromatic rings. The van der Waals surface area contributed by atoms with Gasteiger partial charge in [0.25, 0.3) is 6.43 Å². The smallest absolute Gasteiger partial charge is 0.414 e. The van der Waals surface area contributed by atoms with E-state index in [0.717, 1.165) is 17.0 Å². The lowest BCUT2D eigenvalue weighted by Crippen LogP contribution is -2.36. The Bertz CT molecular complexity index is 1420. The van der Waals surface area contributed by atoms with Crippen LogP contribution >= 0.6 is 12.2 Å².